The summed E-state index contributed by atoms with van der Waals surface area (Å²) in [4.78, 5) is 15.7. The van der Waals surface area contributed by atoms with Gasteiger partial charge < -0.3 is 4.57 Å². The molecule has 0 saturated carbocycles. The Morgan fingerprint density at radius 3 is 1.80 bits per heavy atom. The summed E-state index contributed by atoms with van der Waals surface area (Å²) in [6.07, 6.45) is 2.87. The van der Waals surface area contributed by atoms with Gasteiger partial charge in [-0.3, -0.25) is 0 Å². The van der Waals surface area contributed by atoms with Crippen molar-refractivity contribution < 1.29 is 0 Å². The first-order valence-electron chi connectivity index (χ1n) is 14.7. The lowest BCUT2D eigenvalue weighted by Crippen LogP contribution is -1.99. The highest BCUT2D eigenvalue weighted by Crippen LogP contribution is 2.40. The van der Waals surface area contributed by atoms with Crippen molar-refractivity contribution in [3.63, 3.8) is 0 Å². The standard InChI is InChI=1S/C40H17N9/c1-45-31-7-9-32(29(15-31)20-43)26-4-11-38-34(16-26)35-17-27(33-8-3-24(18-41)13-36(33)46-2)5-12-39(35)49(38)37-10-6-28(14-30(37)21-44)40-47-22-25(19-42)23-48-40/h3-17,22-23H. The van der Waals surface area contributed by atoms with Crippen LogP contribution in [0.5, 0.6) is 0 Å². The number of hydrogen-bond acceptors (Lipinski definition) is 6. The van der Waals surface area contributed by atoms with Crippen molar-refractivity contribution in [3.8, 4) is 63.6 Å². The van der Waals surface area contributed by atoms with Gasteiger partial charge in [0.1, 0.15) is 12.1 Å². The van der Waals surface area contributed by atoms with Gasteiger partial charge in [0.25, 0.3) is 0 Å². The van der Waals surface area contributed by atoms with Crippen molar-refractivity contribution in [1.82, 2.24) is 14.5 Å². The Kier molecular flexibility index (Phi) is 7.27. The van der Waals surface area contributed by atoms with Gasteiger partial charge in [-0.2, -0.15) is 21.0 Å². The van der Waals surface area contributed by atoms with Gasteiger partial charge in [-0.15, -0.1) is 0 Å². The third kappa shape index (κ3) is 5.02. The van der Waals surface area contributed by atoms with Crippen LogP contribution in [0.1, 0.15) is 22.3 Å². The predicted molar refractivity (Wildman–Crippen MR) is 184 cm³/mol. The molecule has 0 bridgehead atoms. The minimum absolute atomic E-state index is 0.332. The van der Waals surface area contributed by atoms with Gasteiger partial charge in [0.2, 0.25) is 0 Å². The summed E-state index contributed by atoms with van der Waals surface area (Å²) in [7, 11) is 0. The lowest BCUT2D eigenvalue weighted by Gasteiger charge is -2.12. The molecule has 0 unspecified atom stereocenters. The van der Waals surface area contributed by atoms with Crippen molar-refractivity contribution in [2.75, 3.05) is 0 Å². The van der Waals surface area contributed by atoms with Crippen LogP contribution >= 0.6 is 0 Å². The highest BCUT2D eigenvalue weighted by molar-refractivity contribution is 6.12. The van der Waals surface area contributed by atoms with Gasteiger partial charge in [0, 0.05) is 39.9 Å². The van der Waals surface area contributed by atoms with Crippen molar-refractivity contribution in [2.45, 2.75) is 0 Å². The lowest BCUT2D eigenvalue weighted by molar-refractivity contribution is 1.14. The first-order chi connectivity index (χ1) is 24.0. The average Bonchev–Trinajstić information content (AvgIpc) is 3.49. The first-order valence-corrected chi connectivity index (χ1v) is 14.7. The number of fused-ring (bicyclic) bond motifs is 3. The average molecular weight is 624 g/mol. The first kappa shape index (κ1) is 29.6. The molecule has 0 aliphatic rings. The zero-order chi connectivity index (χ0) is 34.1. The molecular formula is C40H17N9. The maximum Gasteiger partial charge on any atom is 0.196 e. The fourth-order valence-corrected chi connectivity index (χ4v) is 6.00. The molecule has 0 atom stereocenters. The smallest absolute Gasteiger partial charge is 0.196 e. The molecule has 2 heterocycles. The molecular weight excluding hydrogens is 607 g/mol. The van der Waals surface area contributed by atoms with Crippen LogP contribution in [0, 0.1) is 58.5 Å². The van der Waals surface area contributed by atoms with E-state index in [0.29, 0.717) is 61.8 Å². The Hall–Kier alpha value is -8.08. The number of nitriles is 4. The molecule has 0 amide bonds. The highest BCUT2D eigenvalue weighted by atomic mass is 15.0. The fourth-order valence-electron chi connectivity index (χ4n) is 6.00. The molecule has 2 aromatic heterocycles. The summed E-state index contributed by atoms with van der Waals surface area (Å²) in [6.45, 7) is 15.1. The van der Waals surface area contributed by atoms with Crippen LogP contribution in [-0.2, 0) is 0 Å². The molecule has 9 heteroatoms. The van der Waals surface area contributed by atoms with E-state index in [1.54, 1.807) is 42.5 Å². The van der Waals surface area contributed by atoms with E-state index in [1.165, 1.54) is 12.4 Å². The number of benzene rings is 5. The SMILES string of the molecule is [C-]#[N+]c1ccc(-c2ccc3c(c2)c2cc(-c4ccc(C#N)cc4[N+]#[C-])ccc2n3-c2ccc(-c3ncc(C#N)cn3)cc2C#N)c(C#N)c1. The third-order valence-electron chi connectivity index (χ3n) is 8.28. The van der Waals surface area contributed by atoms with Crippen LogP contribution in [0.3, 0.4) is 0 Å². The Morgan fingerprint density at radius 1 is 0.551 bits per heavy atom. The summed E-state index contributed by atoms with van der Waals surface area (Å²) in [5.41, 5.74) is 7.98. The largest absolute Gasteiger partial charge is 0.308 e. The molecule has 0 saturated heterocycles. The molecule has 222 valence electrons. The third-order valence-corrected chi connectivity index (χ3v) is 8.28. The van der Waals surface area contributed by atoms with Gasteiger partial charge in [-0.25, -0.2) is 19.7 Å². The van der Waals surface area contributed by atoms with Crippen LogP contribution in [0.4, 0.5) is 11.4 Å². The number of rotatable bonds is 4. The van der Waals surface area contributed by atoms with E-state index in [9.17, 15) is 15.8 Å². The van der Waals surface area contributed by atoms with E-state index in [0.717, 1.165) is 32.9 Å². The quantitative estimate of drug-likeness (QED) is 0.179. The summed E-state index contributed by atoms with van der Waals surface area (Å²) in [5.74, 6) is 0.383. The van der Waals surface area contributed by atoms with Crippen molar-refractivity contribution in [2.24, 2.45) is 0 Å². The zero-order valence-electron chi connectivity index (χ0n) is 25.3. The van der Waals surface area contributed by atoms with Crippen LogP contribution in [0.25, 0.3) is 70.8 Å². The molecule has 5 aromatic carbocycles. The van der Waals surface area contributed by atoms with Gasteiger partial charge in [0.05, 0.1) is 53.1 Å². The molecule has 0 aliphatic carbocycles. The van der Waals surface area contributed by atoms with E-state index >= 15 is 0 Å². The second kappa shape index (κ2) is 12.0. The van der Waals surface area contributed by atoms with E-state index < -0.39 is 0 Å². The predicted octanol–water partition coefficient (Wildman–Crippen LogP) is 9.16. The van der Waals surface area contributed by atoms with Crippen LogP contribution in [-0.4, -0.2) is 14.5 Å². The Morgan fingerprint density at radius 2 is 1.18 bits per heavy atom. The lowest BCUT2D eigenvalue weighted by atomic mass is 9.97. The molecule has 7 aromatic rings. The molecule has 0 fully saturated rings. The number of aromatic nitrogens is 3. The molecule has 0 spiro atoms. The topological polar surface area (TPSA) is 135 Å². The Balaban J connectivity index is 1.49. The molecule has 49 heavy (non-hydrogen) atoms. The molecule has 0 radical (unpaired) electrons. The minimum atomic E-state index is 0.332. The fraction of sp³-hybridized carbons (Fsp3) is 0. The van der Waals surface area contributed by atoms with Crippen LogP contribution < -0.4 is 0 Å². The van der Waals surface area contributed by atoms with Gasteiger partial charge in [0.15, 0.2) is 17.2 Å². The normalized spacial score (nSPS) is 10.3. The van der Waals surface area contributed by atoms with E-state index in [1.807, 2.05) is 59.2 Å². The van der Waals surface area contributed by atoms with Crippen molar-refractivity contribution in [3.05, 3.63) is 148 Å². The number of nitrogens with zero attached hydrogens (tertiary/aromatic N) is 9. The molecule has 7 rings (SSSR count). The summed E-state index contributed by atoms with van der Waals surface area (Å²) < 4.78 is 2.00. The summed E-state index contributed by atoms with van der Waals surface area (Å²) >= 11 is 0. The monoisotopic (exact) mass is 623 g/mol. The van der Waals surface area contributed by atoms with Crippen molar-refractivity contribution >= 4 is 33.2 Å². The van der Waals surface area contributed by atoms with Crippen molar-refractivity contribution in [1.29, 1.82) is 21.0 Å². The molecule has 0 N–H and O–H groups in total. The van der Waals surface area contributed by atoms with E-state index in [2.05, 4.69) is 37.9 Å². The maximum absolute atomic E-state index is 10.4. The second-order valence-electron chi connectivity index (χ2n) is 11.0. The number of hydrogen-bond donors (Lipinski definition) is 0. The van der Waals surface area contributed by atoms with Crippen LogP contribution in [0.15, 0.2) is 103 Å². The van der Waals surface area contributed by atoms with Crippen LogP contribution in [0.2, 0.25) is 0 Å². The van der Waals surface area contributed by atoms with Gasteiger partial charge in [-0.05, 0) is 82.9 Å². The molecule has 9 nitrogen and oxygen atoms in total. The Bertz CT molecular complexity index is 2650. The maximum atomic E-state index is 10.4. The van der Waals surface area contributed by atoms with Gasteiger partial charge >= 0.3 is 0 Å². The van der Waals surface area contributed by atoms with Gasteiger partial charge in [-0.1, -0.05) is 30.3 Å². The van der Waals surface area contributed by atoms with E-state index in [-0.39, 0.29) is 0 Å². The second-order valence-corrected chi connectivity index (χ2v) is 11.0. The summed E-state index contributed by atoms with van der Waals surface area (Å²) in [6, 6.07) is 35.8. The van der Waals surface area contributed by atoms with E-state index in [4.69, 9.17) is 18.4 Å². The Labute approximate surface area is 280 Å². The zero-order valence-corrected chi connectivity index (χ0v) is 25.3. The summed E-state index contributed by atoms with van der Waals surface area (Å²) in [5, 5.41) is 40.5. The minimum Gasteiger partial charge on any atom is -0.308 e. The highest BCUT2D eigenvalue weighted by Gasteiger charge is 2.19. The molecule has 0 aliphatic heterocycles.